The van der Waals surface area contributed by atoms with Gasteiger partial charge in [-0.15, -0.1) is 0 Å². The second-order valence-corrected chi connectivity index (χ2v) is 9.76. The fourth-order valence-electron chi connectivity index (χ4n) is 2.19. The van der Waals surface area contributed by atoms with Crippen molar-refractivity contribution >= 4 is 27.4 Å². The molecule has 1 N–H and O–H groups in total. The van der Waals surface area contributed by atoms with Gasteiger partial charge in [0.2, 0.25) is 10.4 Å². The Balaban J connectivity index is 0.00000105. The standard InChI is InChI=1S/C17H27NO3S.CH4O4S/c1-11(2)20-14(5)10-18-17(19)21-15-8-13(4)16(22(6)7)9-12(15)3;1-5-6(2,3)4/h8-9,11,14H,10H2,1-7H3;1H3,(H,2,3,4). The first kappa shape index (κ1) is 26.7. The van der Waals surface area contributed by atoms with Gasteiger partial charge in [0.05, 0.1) is 19.3 Å². The fourth-order valence-corrected chi connectivity index (χ4v) is 3.30. The van der Waals surface area contributed by atoms with Gasteiger partial charge in [-0.05, 0) is 46.2 Å². The van der Waals surface area contributed by atoms with Gasteiger partial charge in [-0.3, -0.25) is 4.18 Å². The lowest BCUT2D eigenvalue weighted by Crippen LogP contribution is -2.35. The summed E-state index contributed by atoms with van der Waals surface area (Å²) in [6, 6.07) is 4.04. The summed E-state index contributed by atoms with van der Waals surface area (Å²) in [6.45, 7) is 10.3. The van der Waals surface area contributed by atoms with Crippen LogP contribution in [0.2, 0.25) is 0 Å². The molecule has 28 heavy (non-hydrogen) atoms. The topological polar surface area (TPSA) is 114 Å². The van der Waals surface area contributed by atoms with E-state index >= 15 is 0 Å². The molecule has 1 unspecified atom stereocenters. The number of rotatable bonds is 7. The monoisotopic (exact) mass is 437 g/mol. The van der Waals surface area contributed by atoms with Crippen LogP contribution < -0.4 is 10.1 Å². The number of carbonyl (C=O) groups is 1. The third-order valence-electron chi connectivity index (χ3n) is 3.36. The molecule has 0 radical (unpaired) electrons. The first-order chi connectivity index (χ1) is 12.8. The van der Waals surface area contributed by atoms with Crippen LogP contribution in [0.15, 0.2) is 17.0 Å². The quantitative estimate of drug-likeness (QED) is 0.396. The van der Waals surface area contributed by atoms with E-state index in [0.29, 0.717) is 12.3 Å². The molecule has 8 nitrogen and oxygen atoms in total. The second-order valence-electron chi connectivity index (χ2n) is 6.54. The normalized spacial score (nSPS) is 12.4. The minimum absolute atomic E-state index is 0.0418. The molecule has 0 aliphatic carbocycles. The molecule has 0 heterocycles. The highest BCUT2D eigenvalue weighted by Crippen LogP contribution is 2.26. The van der Waals surface area contributed by atoms with Gasteiger partial charge < -0.3 is 19.3 Å². The van der Waals surface area contributed by atoms with Gasteiger partial charge in [-0.25, -0.2) is 13.2 Å². The SMILES string of the molecule is COS(=O)(=O)[O-].Cc1cc([S+](C)C)c(C)cc1OC(=O)NCC(C)OC(C)C. The van der Waals surface area contributed by atoms with E-state index in [1.54, 1.807) is 0 Å². The Kier molecular flexibility index (Phi) is 11.7. The largest absolute Gasteiger partial charge is 0.726 e. The summed E-state index contributed by atoms with van der Waals surface area (Å²) in [7, 11) is -3.41. The molecule has 0 aliphatic heterocycles. The number of hydrogen-bond acceptors (Lipinski definition) is 7. The number of aryl methyl sites for hydroxylation is 2. The average Bonchev–Trinajstić information content (AvgIpc) is 2.55. The first-order valence-electron chi connectivity index (χ1n) is 8.58. The molecule has 1 atom stereocenters. The fraction of sp³-hybridized carbons (Fsp3) is 0.611. The maximum Gasteiger partial charge on any atom is 0.412 e. The van der Waals surface area contributed by atoms with Gasteiger partial charge in [0.1, 0.15) is 18.3 Å². The summed E-state index contributed by atoms with van der Waals surface area (Å²) in [5.41, 5.74) is 2.13. The molecule has 0 saturated carbocycles. The molecule has 10 heteroatoms. The van der Waals surface area contributed by atoms with Crippen LogP contribution in [0.3, 0.4) is 0 Å². The molecule has 1 amide bonds. The van der Waals surface area contributed by atoms with E-state index in [1.807, 2.05) is 40.7 Å². The molecule has 1 aromatic carbocycles. The minimum atomic E-state index is -4.41. The Morgan fingerprint density at radius 2 is 1.71 bits per heavy atom. The summed E-state index contributed by atoms with van der Waals surface area (Å²) in [5.74, 6) is 0.613. The van der Waals surface area contributed by atoms with Gasteiger partial charge in [-0.1, -0.05) is 0 Å². The van der Waals surface area contributed by atoms with Crippen LogP contribution in [0, 0.1) is 13.8 Å². The highest BCUT2D eigenvalue weighted by atomic mass is 32.3. The average molecular weight is 438 g/mol. The smallest absolute Gasteiger partial charge is 0.412 e. The van der Waals surface area contributed by atoms with Crippen molar-refractivity contribution in [1.29, 1.82) is 0 Å². The van der Waals surface area contributed by atoms with Crippen LogP contribution >= 0.6 is 0 Å². The molecule has 162 valence electrons. The Hall–Kier alpha value is -1.33. The van der Waals surface area contributed by atoms with E-state index in [-0.39, 0.29) is 23.1 Å². The molecule has 0 spiro atoms. The highest BCUT2D eigenvalue weighted by Gasteiger charge is 2.17. The molecule has 0 bridgehead atoms. The summed E-state index contributed by atoms with van der Waals surface area (Å²) >= 11 is 0. The summed E-state index contributed by atoms with van der Waals surface area (Å²) in [5, 5.41) is 2.74. The number of nitrogens with one attached hydrogen (secondary N) is 1. The number of ether oxygens (including phenoxy) is 2. The van der Waals surface area contributed by atoms with Crippen LogP contribution in [-0.2, 0) is 30.2 Å². The zero-order chi connectivity index (χ0) is 22.1. The molecule has 0 saturated heterocycles. The molecular formula is C18H31NO7S2. The van der Waals surface area contributed by atoms with Crippen LogP contribution in [0.4, 0.5) is 4.79 Å². The Morgan fingerprint density at radius 1 is 1.18 bits per heavy atom. The van der Waals surface area contributed by atoms with Crippen molar-refractivity contribution < 1.29 is 31.4 Å². The zero-order valence-corrected chi connectivity index (χ0v) is 19.3. The van der Waals surface area contributed by atoms with E-state index in [0.717, 1.165) is 18.2 Å². The summed E-state index contributed by atoms with van der Waals surface area (Å²) in [6.07, 6.45) is 4.03. The van der Waals surface area contributed by atoms with Crippen molar-refractivity contribution in [2.45, 2.75) is 51.7 Å². The van der Waals surface area contributed by atoms with Crippen molar-refractivity contribution in [3.8, 4) is 5.75 Å². The molecule has 0 fully saturated rings. The van der Waals surface area contributed by atoms with Crippen molar-refractivity contribution in [3.63, 3.8) is 0 Å². The van der Waals surface area contributed by atoms with Gasteiger partial charge in [0.25, 0.3) is 0 Å². The van der Waals surface area contributed by atoms with Crippen LogP contribution in [0.25, 0.3) is 0 Å². The lowest BCUT2D eigenvalue weighted by atomic mass is 10.1. The van der Waals surface area contributed by atoms with Crippen molar-refractivity contribution in [2.24, 2.45) is 0 Å². The first-order valence-corrected chi connectivity index (χ1v) is 12.0. The van der Waals surface area contributed by atoms with Crippen molar-refractivity contribution in [3.05, 3.63) is 23.3 Å². The van der Waals surface area contributed by atoms with E-state index in [1.165, 1.54) is 4.90 Å². The zero-order valence-electron chi connectivity index (χ0n) is 17.7. The molecule has 1 rings (SSSR count). The Morgan fingerprint density at radius 3 is 2.14 bits per heavy atom. The Labute approximate surface area is 171 Å². The van der Waals surface area contributed by atoms with Gasteiger partial charge in [0, 0.05) is 29.1 Å². The number of benzene rings is 1. The third-order valence-corrected chi connectivity index (χ3v) is 5.09. The maximum atomic E-state index is 11.9. The number of amides is 1. The van der Waals surface area contributed by atoms with Crippen LogP contribution in [-0.4, -0.2) is 57.4 Å². The van der Waals surface area contributed by atoms with E-state index < -0.39 is 16.5 Å². The predicted molar refractivity (Wildman–Crippen MR) is 110 cm³/mol. The molecule has 1 aromatic rings. The van der Waals surface area contributed by atoms with Crippen molar-refractivity contribution in [1.82, 2.24) is 5.32 Å². The highest BCUT2D eigenvalue weighted by molar-refractivity contribution is 7.95. The van der Waals surface area contributed by atoms with Gasteiger partial charge in [-0.2, -0.15) is 0 Å². The number of hydrogen-bond donors (Lipinski definition) is 1. The molecular weight excluding hydrogens is 406 g/mol. The summed E-state index contributed by atoms with van der Waals surface area (Å²) < 4.78 is 42.0. The van der Waals surface area contributed by atoms with E-state index in [9.17, 15) is 17.8 Å². The molecule has 0 aliphatic rings. The van der Waals surface area contributed by atoms with Crippen LogP contribution in [0.5, 0.6) is 5.75 Å². The van der Waals surface area contributed by atoms with Crippen molar-refractivity contribution in [2.75, 3.05) is 26.2 Å². The second kappa shape index (κ2) is 12.3. The maximum absolute atomic E-state index is 11.9. The van der Waals surface area contributed by atoms with Gasteiger partial charge in [0.15, 0.2) is 4.90 Å². The Bertz CT molecular complexity index is 734. The van der Waals surface area contributed by atoms with Crippen LogP contribution in [0.1, 0.15) is 31.9 Å². The lowest BCUT2D eigenvalue weighted by Gasteiger charge is -2.17. The lowest BCUT2D eigenvalue weighted by molar-refractivity contribution is 0.0200. The number of carbonyl (C=O) groups excluding carboxylic acids is 1. The third kappa shape index (κ3) is 11.5. The van der Waals surface area contributed by atoms with E-state index in [2.05, 4.69) is 28.1 Å². The summed E-state index contributed by atoms with van der Waals surface area (Å²) in [4.78, 5) is 13.2. The van der Waals surface area contributed by atoms with E-state index in [4.69, 9.17) is 9.47 Å². The minimum Gasteiger partial charge on any atom is -0.726 e. The predicted octanol–water partition coefficient (Wildman–Crippen LogP) is 2.54. The molecule has 0 aromatic heterocycles. The van der Waals surface area contributed by atoms with Gasteiger partial charge >= 0.3 is 6.09 Å².